The Bertz CT molecular complexity index is 1100. The van der Waals surface area contributed by atoms with Crippen molar-refractivity contribution in [2.45, 2.75) is 37.0 Å². The normalized spacial score (nSPS) is 14.9. The van der Waals surface area contributed by atoms with Crippen molar-refractivity contribution in [2.75, 3.05) is 24.8 Å². The number of benzene rings is 2. The first-order valence-corrected chi connectivity index (χ1v) is 11.7. The van der Waals surface area contributed by atoms with Gasteiger partial charge in [-0.05, 0) is 49.2 Å². The number of sulfonamides is 1. The molecule has 0 spiro atoms. The van der Waals surface area contributed by atoms with Crippen molar-refractivity contribution < 1.29 is 27.2 Å². The zero-order chi connectivity index (χ0) is 23.3. The van der Waals surface area contributed by atoms with E-state index in [1.165, 1.54) is 50.6 Å². The van der Waals surface area contributed by atoms with Gasteiger partial charge >= 0.3 is 0 Å². The Labute approximate surface area is 186 Å². The minimum Gasteiger partial charge on any atom is -0.323 e. The monoisotopic (exact) mass is 463 g/mol. The van der Waals surface area contributed by atoms with Crippen LogP contribution in [0.2, 0.25) is 0 Å². The molecule has 0 atom stereocenters. The minimum absolute atomic E-state index is 0.0172. The van der Waals surface area contributed by atoms with Crippen LogP contribution in [-0.4, -0.2) is 38.9 Å². The number of carbonyl (C=O) groups is 2. The van der Waals surface area contributed by atoms with Crippen molar-refractivity contribution in [1.82, 2.24) is 4.47 Å². The Hall–Kier alpha value is -2.82. The molecule has 8 nitrogen and oxygen atoms in total. The van der Waals surface area contributed by atoms with Gasteiger partial charge in [-0.2, -0.15) is 0 Å². The third-order valence-electron chi connectivity index (χ3n) is 5.45. The van der Waals surface area contributed by atoms with Gasteiger partial charge in [-0.25, -0.2) is 12.8 Å². The van der Waals surface area contributed by atoms with Crippen LogP contribution in [0.25, 0.3) is 0 Å². The lowest BCUT2D eigenvalue weighted by Crippen LogP contribution is -2.26. The Morgan fingerprint density at radius 2 is 1.78 bits per heavy atom. The number of halogens is 1. The van der Waals surface area contributed by atoms with Crippen LogP contribution in [0, 0.1) is 11.7 Å². The van der Waals surface area contributed by atoms with Gasteiger partial charge in [0.1, 0.15) is 5.82 Å². The van der Waals surface area contributed by atoms with E-state index in [0.717, 1.165) is 38.2 Å². The fourth-order valence-corrected chi connectivity index (χ4v) is 4.57. The van der Waals surface area contributed by atoms with Crippen LogP contribution >= 0.6 is 0 Å². The molecule has 1 aliphatic rings. The van der Waals surface area contributed by atoms with Gasteiger partial charge in [0.05, 0.1) is 17.7 Å². The van der Waals surface area contributed by atoms with Crippen molar-refractivity contribution >= 4 is 33.2 Å². The molecule has 0 aromatic heterocycles. The Morgan fingerprint density at radius 1 is 1.06 bits per heavy atom. The molecule has 10 heteroatoms. The first-order valence-electron chi connectivity index (χ1n) is 10.3. The van der Waals surface area contributed by atoms with Crippen LogP contribution in [0.4, 0.5) is 15.8 Å². The standard InChI is InChI=1S/C22H26FN3O5S/c1-26(31-2)32(29,30)18-10-6-9-16(13-18)22(28)24-17-11-12-19(23)20(14-17)25-21(27)15-7-4-3-5-8-15/h6,9-15H,3-5,7-8H2,1-2H3,(H,24,28)(H,25,27). The maximum Gasteiger partial charge on any atom is 0.264 e. The highest BCUT2D eigenvalue weighted by Crippen LogP contribution is 2.27. The summed E-state index contributed by atoms with van der Waals surface area (Å²) in [5, 5.41) is 5.22. The summed E-state index contributed by atoms with van der Waals surface area (Å²) in [7, 11) is -1.47. The van der Waals surface area contributed by atoms with E-state index in [4.69, 9.17) is 4.84 Å². The third-order valence-corrected chi connectivity index (χ3v) is 7.12. The number of nitrogens with zero attached hydrogens (tertiary/aromatic N) is 1. The molecule has 172 valence electrons. The number of nitrogens with one attached hydrogen (secondary N) is 2. The summed E-state index contributed by atoms with van der Waals surface area (Å²) >= 11 is 0. The second-order valence-corrected chi connectivity index (χ2v) is 9.53. The molecule has 0 radical (unpaired) electrons. The zero-order valence-electron chi connectivity index (χ0n) is 17.9. The van der Waals surface area contributed by atoms with Crippen LogP contribution in [0.5, 0.6) is 0 Å². The van der Waals surface area contributed by atoms with E-state index in [1.54, 1.807) is 0 Å². The van der Waals surface area contributed by atoms with Crippen molar-refractivity contribution in [3.8, 4) is 0 Å². The van der Waals surface area contributed by atoms with Gasteiger partial charge in [0.25, 0.3) is 15.9 Å². The summed E-state index contributed by atoms with van der Waals surface area (Å²) in [6, 6.07) is 9.31. The number of hydroxylamine groups is 1. The lowest BCUT2D eigenvalue weighted by molar-refractivity contribution is -0.120. The molecular weight excluding hydrogens is 437 g/mol. The average Bonchev–Trinajstić information content (AvgIpc) is 2.81. The highest BCUT2D eigenvalue weighted by Gasteiger charge is 2.23. The maximum absolute atomic E-state index is 14.2. The van der Waals surface area contributed by atoms with E-state index in [1.807, 2.05) is 0 Å². The first-order chi connectivity index (χ1) is 15.2. The van der Waals surface area contributed by atoms with Gasteiger partial charge in [-0.3, -0.25) is 14.4 Å². The number of rotatable bonds is 7. The van der Waals surface area contributed by atoms with Crippen LogP contribution in [0.3, 0.4) is 0 Å². The van der Waals surface area contributed by atoms with Gasteiger partial charge in [0.15, 0.2) is 0 Å². The maximum atomic E-state index is 14.2. The highest BCUT2D eigenvalue weighted by atomic mass is 32.2. The topological polar surface area (TPSA) is 105 Å². The number of hydrogen-bond acceptors (Lipinski definition) is 5. The zero-order valence-corrected chi connectivity index (χ0v) is 18.7. The fourth-order valence-electron chi connectivity index (χ4n) is 3.55. The Kier molecular flexibility index (Phi) is 7.60. The molecule has 0 heterocycles. The summed E-state index contributed by atoms with van der Waals surface area (Å²) in [5.41, 5.74) is 0.335. The molecule has 1 aliphatic carbocycles. The molecule has 2 aromatic rings. The van der Waals surface area contributed by atoms with Crippen molar-refractivity contribution in [1.29, 1.82) is 0 Å². The first kappa shape index (κ1) is 23.8. The SMILES string of the molecule is CON(C)S(=O)(=O)c1cccc(C(=O)Nc2ccc(F)c(NC(=O)C3CCCCC3)c2)c1. The molecule has 32 heavy (non-hydrogen) atoms. The smallest absolute Gasteiger partial charge is 0.264 e. The second kappa shape index (κ2) is 10.2. The van der Waals surface area contributed by atoms with Crippen LogP contribution in [0.15, 0.2) is 47.4 Å². The lowest BCUT2D eigenvalue weighted by Gasteiger charge is -2.21. The molecule has 0 bridgehead atoms. The van der Waals surface area contributed by atoms with Crippen molar-refractivity contribution in [2.24, 2.45) is 5.92 Å². The number of anilines is 2. The molecule has 3 rings (SSSR count). The quantitative estimate of drug-likeness (QED) is 0.608. The number of hydrogen-bond donors (Lipinski definition) is 2. The molecule has 0 aliphatic heterocycles. The number of amides is 2. The molecule has 2 amide bonds. The average molecular weight is 464 g/mol. The van der Waals surface area contributed by atoms with E-state index in [9.17, 15) is 22.4 Å². The molecular formula is C22H26FN3O5S. The largest absolute Gasteiger partial charge is 0.323 e. The van der Waals surface area contributed by atoms with E-state index in [2.05, 4.69) is 10.6 Å². The van der Waals surface area contributed by atoms with Gasteiger partial charge < -0.3 is 10.6 Å². The summed E-state index contributed by atoms with van der Waals surface area (Å²) in [5.74, 6) is -1.57. The predicted molar refractivity (Wildman–Crippen MR) is 118 cm³/mol. The van der Waals surface area contributed by atoms with Crippen LogP contribution in [0.1, 0.15) is 42.5 Å². The molecule has 0 saturated heterocycles. The van der Waals surface area contributed by atoms with E-state index < -0.39 is 21.7 Å². The van der Waals surface area contributed by atoms with Crippen molar-refractivity contribution in [3.63, 3.8) is 0 Å². The molecule has 0 unspecified atom stereocenters. The summed E-state index contributed by atoms with van der Waals surface area (Å²) < 4.78 is 39.7. The van der Waals surface area contributed by atoms with Crippen LogP contribution < -0.4 is 10.6 Å². The molecule has 2 aromatic carbocycles. The van der Waals surface area contributed by atoms with Gasteiger partial charge in [0, 0.05) is 24.2 Å². The minimum atomic E-state index is -3.92. The summed E-state index contributed by atoms with van der Waals surface area (Å²) in [4.78, 5) is 29.7. The molecule has 1 fully saturated rings. The van der Waals surface area contributed by atoms with Gasteiger partial charge in [-0.1, -0.05) is 29.8 Å². The second-order valence-electron chi connectivity index (χ2n) is 7.60. The molecule has 2 N–H and O–H groups in total. The van der Waals surface area contributed by atoms with E-state index in [-0.39, 0.29) is 33.7 Å². The Morgan fingerprint density at radius 3 is 2.47 bits per heavy atom. The summed E-state index contributed by atoms with van der Waals surface area (Å²) in [6.07, 6.45) is 4.62. The fraction of sp³-hybridized carbons (Fsp3) is 0.364. The lowest BCUT2D eigenvalue weighted by atomic mass is 9.88. The predicted octanol–water partition coefficient (Wildman–Crippen LogP) is 3.78. The van der Waals surface area contributed by atoms with Gasteiger partial charge in [-0.15, -0.1) is 0 Å². The van der Waals surface area contributed by atoms with Gasteiger partial charge in [0.2, 0.25) is 5.91 Å². The van der Waals surface area contributed by atoms with E-state index >= 15 is 0 Å². The summed E-state index contributed by atoms with van der Waals surface area (Å²) in [6.45, 7) is 0. The van der Waals surface area contributed by atoms with Crippen molar-refractivity contribution in [3.05, 3.63) is 53.8 Å². The Balaban J connectivity index is 1.75. The van der Waals surface area contributed by atoms with E-state index in [0.29, 0.717) is 4.47 Å². The van der Waals surface area contributed by atoms with Crippen LogP contribution in [-0.2, 0) is 19.7 Å². The molecule has 1 saturated carbocycles. The third kappa shape index (κ3) is 5.50. The number of carbonyl (C=O) groups excluding carboxylic acids is 2. The highest BCUT2D eigenvalue weighted by molar-refractivity contribution is 7.89.